The topological polar surface area (TPSA) is 67.2 Å². The predicted molar refractivity (Wildman–Crippen MR) is 81.7 cm³/mol. The molecule has 0 radical (unpaired) electrons. The summed E-state index contributed by atoms with van der Waals surface area (Å²) < 4.78 is 0. The first-order valence-electron chi connectivity index (χ1n) is 7.49. The van der Waals surface area contributed by atoms with Crippen molar-refractivity contribution in [2.75, 3.05) is 13.1 Å². The van der Waals surface area contributed by atoms with Gasteiger partial charge in [0.2, 0.25) is 0 Å². The molecular formula is C16H25N3O. The number of carbonyl (C=O) groups is 1. The highest BCUT2D eigenvalue weighted by molar-refractivity contribution is 5.94. The van der Waals surface area contributed by atoms with Crippen LogP contribution in [-0.4, -0.2) is 31.1 Å². The quantitative estimate of drug-likeness (QED) is 0.715. The fourth-order valence-corrected chi connectivity index (χ4v) is 2.58. The van der Waals surface area contributed by atoms with E-state index in [1.165, 1.54) is 5.56 Å². The van der Waals surface area contributed by atoms with Crippen molar-refractivity contribution in [2.45, 2.75) is 44.7 Å². The first-order chi connectivity index (χ1) is 9.65. The average Bonchev–Trinajstić information content (AvgIpc) is 2.46. The van der Waals surface area contributed by atoms with Crippen LogP contribution < -0.4 is 16.4 Å². The number of hydrogen-bond acceptors (Lipinski definition) is 3. The predicted octanol–water partition coefficient (Wildman–Crippen LogP) is 1.58. The molecule has 1 aromatic rings. The molecule has 0 saturated heterocycles. The summed E-state index contributed by atoms with van der Waals surface area (Å²) in [6.45, 7) is 3.49. The molecule has 0 spiro atoms. The van der Waals surface area contributed by atoms with Gasteiger partial charge in [0, 0.05) is 30.7 Å². The summed E-state index contributed by atoms with van der Waals surface area (Å²) >= 11 is 0. The van der Waals surface area contributed by atoms with Crippen LogP contribution in [0, 0.1) is 6.92 Å². The van der Waals surface area contributed by atoms with Crippen molar-refractivity contribution in [3.63, 3.8) is 0 Å². The Morgan fingerprint density at radius 2 is 1.80 bits per heavy atom. The van der Waals surface area contributed by atoms with Crippen molar-refractivity contribution in [3.05, 3.63) is 35.4 Å². The number of nitrogens with two attached hydrogens (primary N) is 1. The van der Waals surface area contributed by atoms with Gasteiger partial charge >= 0.3 is 0 Å². The van der Waals surface area contributed by atoms with Gasteiger partial charge < -0.3 is 16.4 Å². The number of rotatable bonds is 5. The Balaban J connectivity index is 1.63. The summed E-state index contributed by atoms with van der Waals surface area (Å²) in [6, 6.07) is 8.58. The molecule has 4 nitrogen and oxygen atoms in total. The van der Waals surface area contributed by atoms with Crippen molar-refractivity contribution in [2.24, 2.45) is 5.73 Å². The number of amides is 1. The molecule has 0 aliphatic heterocycles. The van der Waals surface area contributed by atoms with E-state index in [1.807, 2.05) is 31.2 Å². The molecule has 0 bridgehead atoms. The van der Waals surface area contributed by atoms with E-state index >= 15 is 0 Å². The highest BCUT2D eigenvalue weighted by Crippen LogP contribution is 2.16. The van der Waals surface area contributed by atoms with Crippen LogP contribution in [0.4, 0.5) is 0 Å². The second-order valence-electron chi connectivity index (χ2n) is 5.69. The third-order valence-electron chi connectivity index (χ3n) is 3.93. The van der Waals surface area contributed by atoms with Gasteiger partial charge in [-0.1, -0.05) is 17.7 Å². The molecule has 1 aliphatic carbocycles. The summed E-state index contributed by atoms with van der Waals surface area (Å²) in [7, 11) is 0. The van der Waals surface area contributed by atoms with E-state index in [1.54, 1.807) is 0 Å². The zero-order valence-corrected chi connectivity index (χ0v) is 12.2. The summed E-state index contributed by atoms with van der Waals surface area (Å²) in [5.74, 6) is -0.00235. The SMILES string of the molecule is Cc1ccc(C(=O)NCCNC2CCC(N)CC2)cc1. The van der Waals surface area contributed by atoms with Crippen molar-refractivity contribution in [1.29, 1.82) is 0 Å². The van der Waals surface area contributed by atoms with Crippen LogP contribution in [0.2, 0.25) is 0 Å². The molecule has 1 aromatic carbocycles. The largest absolute Gasteiger partial charge is 0.351 e. The van der Waals surface area contributed by atoms with Crippen LogP contribution >= 0.6 is 0 Å². The molecule has 1 fully saturated rings. The molecule has 4 N–H and O–H groups in total. The van der Waals surface area contributed by atoms with E-state index in [9.17, 15) is 4.79 Å². The van der Waals surface area contributed by atoms with Crippen molar-refractivity contribution < 1.29 is 4.79 Å². The Labute approximate surface area is 121 Å². The lowest BCUT2D eigenvalue weighted by Gasteiger charge is -2.26. The molecule has 1 saturated carbocycles. The first kappa shape index (κ1) is 15.0. The van der Waals surface area contributed by atoms with Gasteiger partial charge in [-0.05, 0) is 44.7 Å². The minimum Gasteiger partial charge on any atom is -0.351 e. The summed E-state index contributed by atoms with van der Waals surface area (Å²) in [5, 5.41) is 6.43. The van der Waals surface area contributed by atoms with E-state index in [-0.39, 0.29) is 5.91 Å². The Morgan fingerprint density at radius 1 is 1.15 bits per heavy atom. The minimum atomic E-state index is -0.00235. The Bertz CT molecular complexity index is 422. The van der Waals surface area contributed by atoms with E-state index < -0.39 is 0 Å². The molecule has 1 aliphatic rings. The van der Waals surface area contributed by atoms with E-state index in [0.29, 0.717) is 18.6 Å². The lowest BCUT2D eigenvalue weighted by molar-refractivity contribution is 0.0953. The zero-order valence-electron chi connectivity index (χ0n) is 12.2. The standard InChI is InChI=1S/C16H25N3O/c1-12-2-4-13(5-3-12)16(20)19-11-10-18-15-8-6-14(17)7-9-15/h2-5,14-15,18H,6-11,17H2,1H3,(H,19,20). The van der Waals surface area contributed by atoms with E-state index in [4.69, 9.17) is 5.73 Å². The molecule has 20 heavy (non-hydrogen) atoms. The molecule has 0 aromatic heterocycles. The van der Waals surface area contributed by atoms with E-state index in [0.717, 1.165) is 37.8 Å². The number of carbonyl (C=O) groups excluding carboxylic acids is 1. The molecule has 4 heteroatoms. The Hall–Kier alpha value is -1.39. The maximum atomic E-state index is 11.9. The maximum Gasteiger partial charge on any atom is 0.251 e. The molecule has 1 amide bonds. The summed E-state index contributed by atoms with van der Waals surface area (Å²) in [6.07, 6.45) is 4.50. The molecular weight excluding hydrogens is 250 g/mol. The Kier molecular flexibility index (Phi) is 5.56. The molecule has 110 valence electrons. The van der Waals surface area contributed by atoms with Crippen LogP contribution in [-0.2, 0) is 0 Å². The van der Waals surface area contributed by atoms with E-state index in [2.05, 4.69) is 10.6 Å². The van der Waals surface area contributed by atoms with Crippen LogP contribution in [0.15, 0.2) is 24.3 Å². The summed E-state index contributed by atoms with van der Waals surface area (Å²) in [4.78, 5) is 11.9. The average molecular weight is 275 g/mol. The number of aryl methyl sites for hydroxylation is 1. The normalized spacial score (nSPS) is 22.5. The van der Waals surface area contributed by atoms with Crippen molar-refractivity contribution >= 4 is 5.91 Å². The highest BCUT2D eigenvalue weighted by atomic mass is 16.1. The van der Waals surface area contributed by atoms with Gasteiger partial charge in [0.05, 0.1) is 0 Å². The fourth-order valence-electron chi connectivity index (χ4n) is 2.58. The Morgan fingerprint density at radius 3 is 2.45 bits per heavy atom. The van der Waals surface area contributed by atoms with Crippen molar-refractivity contribution in [1.82, 2.24) is 10.6 Å². The second kappa shape index (κ2) is 7.41. The lowest BCUT2D eigenvalue weighted by atomic mass is 9.92. The third-order valence-corrected chi connectivity index (χ3v) is 3.93. The fraction of sp³-hybridized carbons (Fsp3) is 0.562. The first-order valence-corrected chi connectivity index (χ1v) is 7.49. The number of nitrogens with one attached hydrogen (secondary N) is 2. The van der Waals surface area contributed by atoms with Gasteiger partial charge in [-0.3, -0.25) is 4.79 Å². The summed E-state index contributed by atoms with van der Waals surface area (Å²) in [5.41, 5.74) is 7.77. The van der Waals surface area contributed by atoms with Gasteiger partial charge in [0.25, 0.3) is 5.91 Å². The van der Waals surface area contributed by atoms with Gasteiger partial charge in [0.15, 0.2) is 0 Å². The van der Waals surface area contributed by atoms with Gasteiger partial charge in [0.1, 0.15) is 0 Å². The van der Waals surface area contributed by atoms with Gasteiger partial charge in [-0.15, -0.1) is 0 Å². The molecule has 2 rings (SSSR count). The van der Waals surface area contributed by atoms with Gasteiger partial charge in [-0.2, -0.15) is 0 Å². The smallest absolute Gasteiger partial charge is 0.251 e. The number of hydrogen-bond donors (Lipinski definition) is 3. The zero-order chi connectivity index (χ0) is 14.4. The van der Waals surface area contributed by atoms with Gasteiger partial charge in [-0.25, -0.2) is 0 Å². The molecule has 0 heterocycles. The van der Waals surface area contributed by atoms with Crippen LogP contribution in [0.5, 0.6) is 0 Å². The maximum absolute atomic E-state index is 11.9. The van der Waals surface area contributed by atoms with Crippen LogP contribution in [0.3, 0.4) is 0 Å². The van der Waals surface area contributed by atoms with Crippen molar-refractivity contribution in [3.8, 4) is 0 Å². The van der Waals surface area contributed by atoms with Crippen LogP contribution in [0.1, 0.15) is 41.6 Å². The lowest BCUT2D eigenvalue weighted by Crippen LogP contribution is -2.41. The molecule has 0 unspecified atom stereocenters. The monoisotopic (exact) mass is 275 g/mol. The number of benzene rings is 1. The third kappa shape index (κ3) is 4.62. The minimum absolute atomic E-state index is 0.00235. The second-order valence-corrected chi connectivity index (χ2v) is 5.69. The molecule has 0 atom stereocenters. The highest BCUT2D eigenvalue weighted by Gasteiger charge is 2.17. The van der Waals surface area contributed by atoms with Crippen LogP contribution in [0.25, 0.3) is 0 Å².